The van der Waals surface area contributed by atoms with Gasteiger partial charge in [-0.15, -0.1) is 0 Å². The van der Waals surface area contributed by atoms with Crippen LogP contribution in [0.5, 0.6) is 0 Å². The number of hydrogen-bond donors (Lipinski definition) is 0. The summed E-state index contributed by atoms with van der Waals surface area (Å²) in [7, 11) is 0. The number of nitrogens with zero attached hydrogens (tertiary/aromatic N) is 2. The zero-order valence-corrected chi connectivity index (χ0v) is 9.78. The smallest absolute Gasteiger partial charge is 0.211 e. The first-order chi connectivity index (χ1) is 6.94. The van der Waals surface area contributed by atoms with Crippen molar-refractivity contribution in [3.05, 3.63) is 0 Å². The molecule has 0 N–H and O–H groups in total. The first kappa shape index (κ1) is 13.8. The van der Waals surface area contributed by atoms with Gasteiger partial charge in [-0.3, -0.25) is 0 Å². The second-order valence-corrected chi connectivity index (χ2v) is 4.74. The predicted octanol–water partition coefficient (Wildman–Crippen LogP) is 2.45. The summed E-state index contributed by atoms with van der Waals surface area (Å²) in [5.74, 6) is 0.574. The molecular weight excluding hydrogens is 192 g/mol. The summed E-state index contributed by atoms with van der Waals surface area (Å²) >= 11 is 0. The molecule has 0 unspecified atom stereocenters. The van der Waals surface area contributed by atoms with Crippen LogP contribution in [0.3, 0.4) is 0 Å². The number of rotatable bonds is 6. The monoisotopic (exact) mass is 210 g/mol. The molecule has 0 aliphatic heterocycles. The molecule has 0 aromatic carbocycles. The molecule has 84 valence electrons. The average Bonchev–Trinajstić information content (AvgIpc) is 2.15. The van der Waals surface area contributed by atoms with Crippen LogP contribution < -0.4 is 0 Å². The van der Waals surface area contributed by atoms with E-state index in [0.29, 0.717) is 5.92 Å². The van der Waals surface area contributed by atoms with Gasteiger partial charge in [-0.05, 0) is 12.3 Å². The van der Waals surface area contributed by atoms with Crippen molar-refractivity contribution in [3.8, 4) is 0 Å². The van der Waals surface area contributed by atoms with Gasteiger partial charge in [-0.2, -0.15) is 9.98 Å². The van der Waals surface area contributed by atoms with Crippen molar-refractivity contribution in [2.24, 2.45) is 21.3 Å². The molecule has 0 aromatic rings. The third-order valence-electron chi connectivity index (χ3n) is 2.41. The lowest BCUT2D eigenvalue weighted by Crippen LogP contribution is -2.26. The van der Waals surface area contributed by atoms with E-state index in [4.69, 9.17) is 0 Å². The maximum absolute atomic E-state index is 10.2. The van der Waals surface area contributed by atoms with Crippen LogP contribution in [-0.2, 0) is 9.59 Å². The first-order valence-corrected chi connectivity index (χ1v) is 5.08. The molecule has 0 amide bonds. The SMILES string of the molecule is CC(C)CCC(C)(C)C(N=C=O)N=C=O. The Hall–Kier alpha value is -1.24. The molecule has 15 heavy (non-hydrogen) atoms. The van der Waals surface area contributed by atoms with Gasteiger partial charge in [0.2, 0.25) is 12.2 Å². The van der Waals surface area contributed by atoms with E-state index in [-0.39, 0.29) is 5.41 Å². The summed E-state index contributed by atoms with van der Waals surface area (Å²) < 4.78 is 0. The molecule has 0 aromatic heterocycles. The van der Waals surface area contributed by atoms with Gasteiger partial charge in [0, 0.05) is 5.41 Å². The molecule has 0 aliphatic carbocycles. The molecule has 0 atom stereocenters. The van der Waals surface area contributed by atoms with Crippen LogP contribution in [0.15, 0.2) is 9.98 Å². The first-order valence-electron chi connectivity index (χ1n) is 5.08. The summed E-state index contributed by atoms with van der Waals surface area (Å²) in [6, 6.07) is 0. The fourth-order valence-corrected chi connectivity index (χ4v) is 1.27. The van der Waals surface area contributed by atoms with Gasteiger partial charge in [0.1, 0.15) is 0 Å². The van der Waals surface area contributed by atoms with Crippen LogP contribution in [0.1, 0.15) is 40.5 Å². The van der Waals surface area contributed by atoms with E-state index in [1.807, 2.05) is 13.8 Å². The van der Waals surface area contributed by atoms with Gasteiger partial charge >= 0.3 is 0 Å². The standard InChI is InChI=1S/C11H18N2O2/c1-9(2)5-6-11(3,4)10(12-7-14)13-8-15/h9-10H,5-6H2,1-4H3. The fraction of sp³-hybridized carbons (Fsp3) is 0.818. The van der Waals surface area contributed by atoms with Crippen molar-refractivity contribution in [2.75, 3.05) is 0 Å². The molecule has 0 saturated carbocycles. The van der Waals surface area contributed by atoms with Crippen LogP contribution in [0.25, 0.3) is 0 Å². The lowest BCUT2D eigenvalue weighted by atomic mass is 9.82. The van der Waals surface area contributed by atoms with Gasteiger partial charge in [0.05, 0.1) is 0 Å². The Balaban J connectivity index is 4.62. The quantitative estimate of drug-likeness (QED) is 0.499. The molecule has 0 bridgehead atoms. The minimum absolute atomic E-state index is 0.306. The van der Waals surface area contributed by atoms with Crippen LogP contribution in [0.4, 0.5) is 0 Å². The predicted molar refractivity (Wildman–Crippen MR) is 57.9 cm³/mol. The Morgan fingerprint density at radius 2 is 1.60 bits per heavy atom. The third kappa shape index (κ3) is 5.26. The highest BCUT2D eigenvalue weighted by molar-refractivity contribution is 5.37. The topological polar surface area (TPSA) is 58.9 Å². The lowest BCUT2D eigenvalue weighted by molar-refractivity contribution is 0.249. The van der Waals surface area contributed by atoms with E-state index in [1.54, 1.807) is 0 Å². The molecular formula is C11H18N2O2. The summed E-state index contributed by atoms with van der Waals surface area (Å²) in [6.45, 7) is 8.11. The minimum atomic E-state index is -0.661. The Labute approximate surface area is 90.5 Å². The molecule has 0 rings (SSSR count). The molecule has 0 aliphatic rings. The van der Waals surface area contributed by atoms with Crippen molar-refractivity contribution in [2.45, 2.75) is 46.7 Å². The van der Waals surface area contributed by atoms with E-state index in [2.05, 4.69) is 23.8 Å². The summed E-state index contributed by atoms with van der Waals surface area (Å²) in [5.41, 5.74) is -0.306. The second-order valence-electron chi connectivity index (χ2n) is 4.74. The van der Waals surface area contributed by atoms with Crippen LogP contribution >= 0.6 is 0 Å². The van der Waals surface area contributed by atoms with Crippen LogP contribution in [0.2, 0.25) is 0 Å². The Morgan fingerprint density at radius 3 is 1.93 bits per heavy atom. The molecule has 0 radical (unpaired) electrons. The summed E-state index contributed by atoms with van der Waals surface area (Å²) in [4.78, 5) is 27.4. The van der Waals surface area contributed by atoms with Gasteiger partial charge in [0.15, 0.2) is 6.17 Å². The van der Waals surface area contributed by atoms with Crippen molar-refractivity contribution < 1.29 is 9.59 Å². The maximum Gasteiger partial charge on any atom is 0.237 e. The number of hydrogen-bond acceptors (Lipinski definition) is 4. The number of aliphatic imine (C=N–C) groups is 2. The van der Waals surface area contributed by atoms with Crippen LogP contribution in [0, 0.1) is 11.3 Å². The van der Waals surface area contributed by atoms with E-state index < -0.39 is 6.17 Å². The Bertz CT molecular complexity index is 267. The van der Waals surface area contributed by atoms with Crippen molar-refractivity contribution in [1.82, 2.24) is 0 Å². The molecule has 4 nitrogen and oxygen atoms in total. The highest BCUT2D eigenvalue weighted by Gasteiger charge is 2.29. The second kappa shape index (κ2) is 6.28. The van der Waals surface area contributed by atoms with E-state index in [9.17, 15) is 9.59 Å². The van der Waals surface area contributed by atoms with Gasteiger partial charge < -0.3 is 0 Å². The lowest BCUT2D eigenvalue weighted by Gasteiger charge is -2.27. The summed E-state index contributed by atoms with van der Waals surface area (Å²) in [5, 5.41) is 0. The third-order valence-corrected chi connectivity index (χ3v) is 2.41. The normalized spacial score (nSPS) is 12.9. The minimum Gasteiger partial charge on any atom is -0.211 e. The molecule has 0 heterocycles. The zero-order valence-electron chi connectivity index (χ0n) is 9.78. The van der Waals surface area contributed by atoms with Crippen LogP contribution in [-0.4, -0.2) is 18.3 Å². The Morgan fingerprint density at radius 1 is 1.13 bits per heavy atom. The fourth-order valence-electron chi connectivity index (χ4n) is 1.27. The summed E-state index contributed by atoms with van der Waals surface area (Å²) in [6.07, 6.45) is 4.10. The molecule has 0 saturated heterocycles. The van der Waals surface area contributed by atoms with Crippen molar-refractivity contribution >= 4 is 12.2 Å². The van der Waals surface area contributed by atoms with Gasteiger partial charge in [-0.1, -0.05) is 34.1 Å². The highest BCUT2D eigenvalue weighted by Crippen LogP contribution is 2.31. The number of isocyanates is 2. The van der Waals surface area contributed by atoms with Crippen molar-refractivity contribution in [3.63, 3.8) is 0 Å². The largest absolute Gasteiger partial charge is 0.237 e. The molecule has 0 fully saturated rings. The average molecular weight is 210 g/mol. The highest BCUT2D eigenvalue weighted by atomic mass is 16.1. The zero-order chi connectivity index (χ0) is 11.9. The van der Waals surface area contributed by atoms with E-state index >= 15 is 0 Å². The van der Waals surface area contributed by atoms with Gasteiger partial charge in [-0.25, -0.2) is 9.59 Å². The number of carbonyl (C=O) groups excluding carboxylic acids is 2. The van der Waals surface area contributed by atoms with Crippen molar-refractivity contribution in [1.29, 1.82) is 0 Å². The van der Waals surface area contributed by atoms with Gasteiger partial charge in [0.25, 0.3) is 0 Å². The van der Waals surface area contributed by atoms with E-state index in [1.165, 1.54) is 12.2 Å². The molecule has 4 heteroatoms. The Kier molecular flexibility index (Phi) is 5.76. The molecule has 0 spiro atoms. The van der Waals surface area contributed by atoms with E-state index in [0.717, 1.165) is 12.8 Å². The maximum atomic E-state index is 10.2.